The quantitative estimate of drug-likeness (QED) is 0.568. The van der Waals surface area contributed by atoms with E-state index in [1.165, 1.54) is 18.2 Å². The predicted octanol–water partition coefficient (Wildman–Crippen LogP) is 5.82. The second kappa shape index (κ2) is 8.49. The minimum absolute atomic E-state index is 0.0741. The summed E-state index contributed by atoms with van der Waals surface area (Å²) < 4.78 is 65.1. The lowest BCUT2D eigenvalue weighted by molar-refractivity contribution is -0.153. The van der Waals surface area contributed by atoms with Crippen LogP contribution in [0.15, 0.2) is 45.3 Å². The Labute approximate surface area is 145 Å². The molecule has 0 aliphatic rings. The summed E-state index contributed by atoms with van der Waals surface area (Å²) in [5, 5.41) is 8.81. The lowest BCUT2D eigenvalue weighted by atomic mass is 10.3. The molecule has 1 N–H and O–H groups in total. The molecule has 0 bridgehead atoms. The lowest BCUT2D eigenvalue weighted by Gasteiger charge is -2.10. The van der Waals surface area contributed by atoms with Gasteiger partial charge in [-0.05, 0) is 56.1 Å². The molecule has 0 atom stereocenters. The van der Waals surface area contributed by atoms with E-state index in [0.29, 0.717) is 4.47 Å². The SMILES string of the molecule is Fc1ccc(Br)c(OCC(F)(F)F)c1.Oc1cc(F)ccc1Br. The molecule has 0 unspecified atom stereocenters. The Morgan fingerprint density at radius 2 is 1.43 bits per heavy atom. The number of alkyl halides is 3. The Hall–Kier alpha value is -1.35. The van der Waals surface area contributed by atoms with E-state index in [0.717, 1.165) is 18.2 Å². The summed E-state index contributed by atoms with van der Waals surface area (Å²) in [6, 6.07) is 7.04. The van der Waals surface area contributed by atoms with Gasteiger partial charge in [0.2, 0.25) is 0 Å². The van der Waals surface area contributed by atoms with Crippen LogP contribution in [-0.4, -0.2) is 17.9 Å². The molecule has 2 aromatic rings. The highest BCUT2D eigenvalue weighted by atomic mass is 79.9. The zero-order chi connectivity index (χ0) is 17.6. The molecule has 0 saturated heterocycles. The lowest BCUT2D eigenvalue weighted by Crippen LogP contribution is -2.19. The zero-order valence-electron chi connectivity index (χ0n) is 11.2. The maximum atomic E-state index is 12.6. The second-order valence-corrected chi connectivity index (χ2v) is 5.78. The van der Waals surface area contributed by atoms with E-state index in [9.17, 15) is 22.0 Å². The Morgan fingerprint density at radius 3 is 1.91 bits per heavy atom. The van der Waals surface area contributed by atoms with Crippen LogP contribution < -0.4 is 4.74 Å². The van der Waals surface area contributed by atoms with Crippen molar-refractivity contribution in [3.8, 4) is 11.5 Å². The van der Waals surface area contributed by atoms with Gasteiger partial charge in [-0.15, -0.1) is 0 Å². The first-order valence-electron chi connectivity index (χ1n) is 5.87. The smallest absolute Gasteiger partial charge is 0.422 e. The topological polar surface area (TPSA) is 29.5 Å². The first-order chi connectivity index (χ1) is 10.6. The number of hydrogen-bond donors (Lipinski definition) is 1. The first kappa shape index (κ1) is 19.7. The number of hydrogen-bond acceptors (Lipinski definition) is 2. The van der Waals surface area contributed by atoms with Crippen molar-refractivity contribution in [2.75, 3.05) is 6.61 Å². The van der Waals surface area contributed by atoms with E-state index in [2.05, 4.69) is 36.6 Å². The third-order valence-corrected chi connectivity index (χ3v) is 3.52. The van der Waals surface area contributed by atoms with E-state index < -0.39 is 24.4 Å². The van der Waals surface area contributed by atoms with Gasteiger partial charge in [0.15, 0.2) is 6.61 Å². The minimum Gasteiger partial charge on any atom is -0.507 e. The minimum atomic E-state index is -4.42. The van der Waals surface area contributed by atoms with E-state index in [4.69, 9.17) is 5.11 Å². The molecule has 23 heavy (non-hydrogen) atoms. The van der Waals surface area contributed by atoms with Crippen LogP contribution in [0.3, 0.4) is 0 Å². The number of ether oxygens (including phenoxy) is 1. The molecule has 0 aliphatic heterocycles. The standard InChI is InChI=1S/C8H5BrF4O.C6H4BrFO/c9-6-2-1-5(10)3-7(6)14-4-8(11,12)13;7-5-2-1-4(8)3-6(5)9/h1-3H,4H2;1-3,9H. The van der Waals surface area contributed by atoms with Gasteiger partial charge in [0.25, 0.3) is 0 Å². The maximum Gasteiger partial charge on any atom is 0.422 e. The van der Waals surface area contributed by atoms with Crippen molar-refractivity contribution in [1.82, 2.24) is 0 Å². The van der Waals surface area contributed by atoms with Gasteiger partial charge in [-0.1, -0.05) is 0 Å². The van der Waals surface area contributed by atoms with Crippen LogP contribution in [-0.2, 0) is 0 Å². The predicted molar refractivity (Wildman–Crippen MR) is 81.4 cm³/mol. The molecule has 0 spiro atoms. The number of rotatable bonds is 2. The van der Waals surface area contributed by atoms with Gasteiger partial charge >= 0.3 is 6.18 Å². The number of phenols is 1. The van der Waals surface area contributed by atoms with Crippen molar-refractivity contribution >= 4 is 31.9 Å². The number of phenolic OH excluding ortho intramolecular Hbond substituents is 1. The largest absolute Gasteiger partial charge is 0.507 e. The molecule has 0 radical (unpaired) electrons. The van der Waals surface area contributed by atoms with Crippen LogP contribution in [0.5, 0.6) is 11.5 Å². The summed E-state index contributed by atoms with van der Waals surface area (Å²) in [6.07, 6.45) is -4.42. The molecular formula is C14H9Br2F5O2. The molecule has 0 fully saturated rings. The van der Waals surface area contributed by atoms with Crippen LogP contribution in [0, 0.1) is 11.6 Å². The van der Waals surface area contributed by atoms with Crippen LogP contribution in [0.1, 0.15) is 0 Å². The summed E-state index contributed by atoms with van der Waals surface area (Å²) in [7, 11) is 0. The molecule has 0 heterocycles. The van der Waals surface area contributed by atoms with Crippen molar-refractivity contribution in [1.29, 1.82) is 0 Å². The van der Waals surface area contributed by atoms with E-state index in [1.807, 2.05) is 0 Å². The molecule has 0 aromatic heterocycles. The van der Waals surface area contributed by atoms with Crippen molar-refractivity contribution in [3.63, 3.8) is 0 Å². The molecule has 2 rings (SSSR count). The highest BCUT2D eigenvalue weighted by molar-refractivity contribution is 9.10. The monoisotopic (exact) mass is 462 g/mol. The first-order valence-corrected chi connectivity index (χ1v) is 7.45. The maximum absolute atomic E-state index is 12.6. The normalized spacial score (nSPS) is 10.7. The van der Waals surface area contributed by atoms with E-state index in [1.54, 1.807) is 0 Å². The average molecular weight is 464 g/mol. The summed E-state index contributed by atoms with van der Waals surface area (Å²) in [5.41, 5.74) is 0. The van der Waals surface area contributed by atoms with E-state index >= 15 is 0 Å². The van der Waals surface area contributed by atoms with E-state index in [-0.39, 0.29) is 16.0 Å². The van der Waals surface area contributed by atoms with Gasteiger partial charge in [0.05, 0.1) is 8.95 Å². The molecule has 126 valence electrons. The molecule has 9 heteroatoms. The van der Waals surface area contributed by atoms with Gasteiger partial charge in [-0.25, -0.2) is 8.78 Å². The van der Waals surface area contributed by atoms with Crippen molar-refractivity contribution < 1.29 is 31.8 Å². The van der Waals surface area contributed by atoms with Gasteiger partial charge in [0, 0.05) is 12.1 Å². The fourth-order valence-electron chi connectivity index (χ4n) is 1.23. The second-order valence-electron chi connectivity index (χ2n) is 4.07. The average Bonchev–Trinajstić information content (AvgIpc) is 2.44. The molecule has 0 saturated carbocycles. The highest BCUT2D eigenvalue weighted by Crippen LogP contribution is 2.27. The van der Waals surface area contributed by atoms with Crippen molar-refractivity contribution in [2.45, 2.75) is 6.18 Å². The fraction of sp³-hybridized carbons (Fsp3) is 0.143. The third-order valence-electron chi connectivity index (χ3n) is 2.19. The van der Waals surface area contributed by atoms with Crippen molar-refractivity contribution in [2.24, 2.45) is 0 Å². The summed E-state index contributed by atoms with van der Waals surface area (Å²) in [5.74, 6) is -1.32. The molecule has 0 amide bonds. The summed E-state index contributed by atoms with van der Waals surface area (Å²) in [6.45, 7) is -1.44. The van der Waals surface area contributed by atoms with Crippen LogP contribution >= 0.6 is 31.9 Å². The zero-order valence-corrected chi connectivity index (χ0v) is 14.3. The Bertz CT molecular complexity index is 662. The third kappa shape index (κ3) is 7.65. The Morgan fingerprint density at radius 1 is 0.913 bits per heavy atom. The Kier molecular flexibility index (Phi) is 7.27. The van der Waals surface area contributed by atoms with Crippen LogP contribution in [0.25, 0.3) is 0 Å². The van der Waals surface area contributed by atoms with Gasteiger partial charge in [-0.3, -0.25) is 0 Å². The fourth-order valence-corrected chi connectivity index (χ4v) is 1.84. The van der Waals surface area contributed by atoms with Gasteiger partial charge in [-0.2, -0.15) is 13.2 Å². The van der Waals surface area contributed by atoms with Crippen molar-refractivity contribution in [3.05, 3.63) is 57.0 Å². The molecule has 2 aromatic carbocycles. The summed E-state index contributed by atoms with van der Waals surface area (Å²) >= 11 is 5.95. The number of benzene rings is 2. The number of aromatic hydroxyl groups is 1. The molecular weight excluding hydrogens is 455 g/mol. The Balaban J connectivity index is 0.000000253. The van der Waals surface area contributed by atoms with Gasteiger partial charge in [0.1, 0.15) is 23.1 Å². The van der Waals surface area contributed by atoms with Gasteiger partial charge < -0.3 is 9.84 Å². The molecule has 0 aliphatic carbocycles. The summed E-state index contributed by atoms with van der Waals surface area (Å²) in [4.78, 5) is 0. The van der Waals surface area contributed by atoms with Crippen LogP contribution in [0.4, 0.5) is 22.0 Å². The molecule has 2 nitrogen and oxygen atoms in total. The highest BCUT2D eigenvalue weighted by Gasteiger charge is 2.28. The van der Waals surface area contributed by atoms with Crippen LogP contribution in [0.2, 0.25) is 0 Å². The number of halogens is 7.